The van der Waals surface area contributed by atoms with Gasteiger partial charge in [0.15, 0.2) is 0 Å². The zero-order valence-electron chi connectivity index (χ0n) is 11.5. The van der Waals surface area contributed by atoms with Crippen molar-refractivity contribution in [1.29, 1.82) is 0 Å². The zero-order chi connectivity index (χ0) is 14.1. The van der Waals surface area contributed by atoms with E-state index in [9.17, 15) is 0 Å². The summed E-state index contributed by atoms with van der Waals surface area (Å²) in [5.41, 5.74) is 7.50. The summed E-state index contributed by atoms with van der Waals surface area (Å²) in [5.74, 6) is 0. The van der Waals surface area contributed by atoms with E-state index in [0.29, 0.717) is 10.0 Å². The Balaban J connectivity index is 2.36. The molecule has 0 spiro atoms. The van der Waals surface area contributed by atoms with Gasteiger partial charge in [-0.1, -0.05) is 62.8 Å². The van der Waals surface area contributed by atoms with Crippen LogP contribution in [0.5, 0.6) is 0 Å². The molecule has 0 unspecified atom stereocenters. The Hall–Kier alpha value is -0.800. The molecule has 2 nitrogen and oxygen atoms in total. The highest BCUT2D eigenvalue weighted by Gasteiger charge is 2.05. The average molecular weight is 299 g/mol. The second-order valence-electron chi connectivity index (χ2n) is 4.75. The molecule has 19 heavy (non-hydrogen) atoms. The molecule has 0 fully saturated rings. The topological polar surface area (TPSA) is 38.0 Å². The third kappa shape index (κ3) is 6.26. The van der Waals surface area contributed by atoms with Gasteiger partial charge in [-0.3, -0.25) is 0 Å². The number of unbranched alkanes of at least 4 members (excludes halogenated alkanes) is 5. The fourth-order valence-corrected chi connectivity index (χ4v) is 2.36. The third-order valence-corrected chi connectivity index (χ3v) is 3.55. The number of hydrogen-bond donors (Lipinski definition) is 2. The summed E-state index contributed by atoms with van der Waals surface area (Å²) in [6.45, 7) is 3.17. The fourth-order valence-electron chi connectivity index (χ4n) is 2.01. The van der Waals surface area contributed by atoms with Crippen LogP contribution >= 0.6 is 23.8 Å². The molecule has 0 bridgehead atoms. The number of rotatable bonds is 9. The van der Waals surface area contributed by atoms with E-state index in [0.717, 1.165) is 24.2 Å². The van der Waals surface area contributed by atoms with Crippen LogP contribution in [0.2, 0.25) is 5.02 Å². The summed E-state index contributed by atoms with van der Waals surface area (Å²) < 4.78 is 0. The highest BCUT2D eigenvalue weighted by molar-refractivity contribution is 7.80. The van der Waals surface area contributed by atoms with Crippen LogP contribution in [0.25, 0.3) is 0 Å². The van der Waals surface area contributed by atoms with E-state index in [4.69, 9.17) is 29.6 Å². The van der Waals surface area contributed by atoms with Crippen molar-refractivity contribution in [2.24, 2.45) is 5.73 Å². The van der Waals surface area contributed by atoms with Crippen LogP contribution < -0.4 is 11.1 Å². The summed E-state index contributed by atoms with van der Waals surface area (Å²) in [5, 5.41) is 4.07. The smallest absolute Gasteiger partial charge is 0.106 e. The molecule has 106 valence electrons. The van der Waals surface area contributed by atoms with E-state index in [-0.39, 0.29) is 0 Å². The highest BCUT2D eigenvalue weighted by Crippen LogP contribution is 2.21. The number of thiocarbonyl (C=S) groups is 1. The molecule has 0 radical (unpaired) electrons. The number of halogens is 1. The van der Waals surface area contributed by atoms with Gasteiger partial charge in [0, 0.05) is 22.8 Å². The van der Waals surface area contributed by atoms with Crippen molar-refractivity contribution in [3.8, 4) is 0 Å². The third-order valence-electron chi connectivity index (χ3n) is 3.09. The average Bonchev–Trinajstić information content (AvgIpc) is 2.37. The SMILES string of the molecule is CCCCCCCCNc1cc(Cl)ccc1C(N)=S. The Morgan fingerprint density at radius 1 is 1.21 bits per heavy atom. The van der Waals surface area contributed by atoms with Gasteiger partial charge in [-0.15, -0.1) is 0 Å². The van der Waals surface area contributed by atoms with E-state index in [1.165, 1.54) is 32.1 Å². The minimum Gasteiger partial charge on any atom is -0.389 e. The predicted molar refractivity (Wildman–Crippen MR) is 89.2 cm³/mol. The summed E-state index contributed by atoms with van der Waals surface area (Å²) in [7, 11) is 0. The maximum absolute atomic E-state index is 5.99. The Morgan fingerprint density at radius 3 is 2.58 bits per heavy atom. The van der Waals surface area contributed by atoms with Crippen LogP contribution in [0.15, 0.2) is 18.2 Å². The minimum absolute atomic E-state index is 0.405. The van der Waals surface area contributed by atoms with Crippen LogP contribution in [0.4, 0.5) is 5.69 Å². The fraction of sp³-hybridized carbons (Fsp3) is 0.533. The maximum Gasteiger partial charge on any atom is 0.106 e. The lowest BCUT2D eigenvalue weighted by atomic mass is 10.1. The number of nitrogens with one attached hydrogen (secondary N) is 1. The molecule has 3 N–H and O–H groups in total. The largest absolute Gasteiger partial charge is 0.389 e. The molecular weight excluding hydrogens is 276 g/mol. The normalized spacial score (nSPS) is 10.4. The van der Waals surface area contributed by atoms with Crippen LogP contribution in [0.1, 0.15) is 51.0 Å². The number of anilines is 1. The Kier molecular flexibility index (Phi) is 7.84. The monoisotopic (exact) mass is 298 g/mol. The first-order valence-electron chi connectivity index (χ1n) is 6.98. The molecule has 0 amide bonds. The second-order valence-corrected chi connectivity index (χ2v) is 5.62. The van der Waals surface area contributed by atoms with Gasteiger partial charge in [0.05, 0.1) is 0 Å². The molecule has 1 rings (SSSR count). The van der Waals surface area contributed by atoms with Gasteiger partial charge in [0.25, 0.3) is 0 Å². The van der Waals surface area contributed by atoms with Crippen molar-refractivity contribution in [1.82, 2.24) is 0 Å². The van der Waals surface area contributed by atoms with Crippen molar-refractivity contribution in [3.63, 3.8) is 0 Å². The summed E-state index contributed by atoms with van der Waals surface area (Å²) in [6.07, 6.45) is 7.70. The van der Waals surface area contributed by atoms with Crippen molar-refractivity contribution >= 4 is 34.5 Å². The second kappa shape index (κ2) is 9.16. The zero-order valence-corrected chi connectivity index (χ0v) is 13.1. The maximum atomic E-state index is 5.99. The number of hydrogen-bond acceptors (Lipinski definition) is 2. The summed E-state index contributed by atoms with van der Waals surface area (Å²) >= 11 is 11.0. The van der Waals surface area contributed by atoms with Crippen molar-refractivity contribution in [2.75, 3.05) is 11.9 Å². The Bertz CT molecular complexity index is 407. The molecular formula is C15H23ClN2S. The highest BCUT2D eigenvalue weighted by atomic mass is 35.5. The van der Waals surface area contributed by atoms with Crippen LogP contribution in [0, 0.1) is 0 Å². The lowest BCUT2D eigenvalue weighted by Crippen LogP contribution is -2.13. The molecule has 0 aliphatic heterocycles. The van der Waals surface area contributed by atoms with E-state index in [1.807, 2.05) is 18.2 Å². The molecule has 0 saturated heterocycles. The lowest BCUT2D eigenvalue weighted by Gasteiger charge is -2.11. The van der Waals surface area contributed by atoms with Crippen molar-refractivity contribution in [3.05, 3.63) is 28.8 Å². The van der Waals surface area contributed by atoms with E-state index >= 15 is 0 Å². The Morgan fingerprint density at radius 2 is 1.89 bits per heavy atom. The summed E-state index contributed by atoms with van der Waals surface area (Å²) in [6, 6.07) is 5.56. The van der Waals surface area contributed by atoms with Gasteiger partial charge < -0.3 is 11.1 Å². The van der Waals surface area contributed by atoms with Crippen molar-refractivity contribution in [2.45, 2.75) is 45.4 Å². The van der Waals surface area contributed by atoms with Gasteiger partial charge in [0.2, 0.25) is 0 Å². The van der Waals surface area contributed by atoms with Gasteiger partial charge in [-0.05, 0) is 24.6 Å². The van der Waals surface area contributed by atoms with Gasteiger partial charge in [-0.2, -0.15) is 0 Å². The molecule has 0 atom stereocenters. The first-order valence-corrected chi connectivity index (χ1v) is 7.77. The predicted octanol–water partition coefficient (Wildman–Crippen LogP) is 4.75. The molecule has 0 aliphatic carbocycles. The molecule has 0 heterocycles. The molecule has 1 aromatic rings. The van der Waals surface area contributed by atoms with Gasteiger partial charge >= 0.3 is 0 Å². The van der Waals surface area contributed by atoms with E-state index in [2.05, 4.69) is 12.2 Å². The first-order chi connectivity index (χ1) is 9.15. The Labute approximate surface area is 126 Å². The molecule has 0 aromatic heterocycles. The van der Waals surface area contributed by atoms with E-state index in [1.54, 1.807) is 0 Å². The quantitative estimate of drug-likeness (QED) is 0.510. The van der Waals surface area contributed by atoms with Crippen LogP contribution in [0.3, 0.4) is 0 Å². The van der Waals surface area contributed by atoms with Crippen LogP contribution in [-0.2, 0) is 0 Å². The summed E-state index contributed by atoms with van der Waals surface area (Å²) in [4.78, 5) is 0.405. The molecule has 0 saturated carbocycles. The standard InChI is InChI=1S/C15H23ClN2S/c1-2-3-4-5-6-7-10-18-14-11-12(16)8-9-13(14)15(17)19/h8-9,11,18H,2-7,10H2,1H3,(H2,17,19). The van der Waals surface area contributed by atoms with Crippen LogP contribution in [-0.4, -0.2) is 11.5 Å². The van der Waals surface area contributed by atoms with Gasteiger partial charge in [0.1, 0.15) is 4.99 Å². The first kappa shape index (κ1) is 16.3. The number of benzene rings is 1. The molecule has 1 aromatic carbocycles. The van der Waals surface area contributed by atoms with Crippen molar-refractivity contribution < 1.29 is 0 Å². The minimum atomic E-state index is 0.405. The molecule has 4 heteroatoms. The molecule has 0 aliphatic rings. The van der Waals surface area contributed by atoms with Gasteiger partial charge in [-0.25, -0.2) is 0 Å². The number of nitrogens with two attached hydrogens (primary N) is 1. The lowest BCUT2D eigenvalue weighted by molar-refractivity contribution is 0.617. The van der Waals surface area contributed by atoms with E-state index < -0.39 is 0 Å².